The summed E-state index contributed by atoms with van der Waals surface area (Å²) in [5, 5.41) is 6.45. The fraction of sp³-hybridized carbons (Fsp3) is 0.118. The van der Waals surface area contributed by atoms with Crippen LogP contribution in [0, 0.1) is 0 Å². The van der Waals surface area contributed by atoms with Crippen LogP contribution in [0.15, 0.2) is 46.7 Å². The Hall–Kier alpha value is -2.31. The Morgan fingerprint density at radius 2 is 1.96 bits per heavy atom. The first-order valence-electron chi connectivity index (χ1n) is 7.12. The molecule has 1 aromatic heterocycles. The molecule has 2 amide bonds. The van der Waals surface area contributed by atoms with E-state index in [0.29, 0.717) is 5.69 Å². The molecule has 0 atom stereocenters. The number of hydrogen-bond acceptors (Lipinski definition) is 4. The second kappa shape index (κ2) is 6.44. The Kier molecular flexibility index (Phi) is 4.36. The van der Waals surface area contributed by atoms with Gasteiger partial charge in [0.15, 0.2) is 5.11 Å². The summed E-state index contributed by atoms with van der Waals surface area (Å²) in [5.41, 5.74) is 2.72. The Morgan fingerprint density at radius 1 is 1.22 bits per heavy atom. The van der Waals surface area contributed by atoms with Crippen molar-refractivity contribution >= 4 is 52.2 Å². The molecule has 1 aliphatic heterocycles. The van der Waals surface area contributed by atoms with E-state index in [1.165, 1.54) is 21.8 Å². The van der Waals surface area contributed by atoms with Crippen LogP contribution in [0.3, 0.4) is 0 Å². The first kappa shape index (κ1) is 15.6. The van der Waals surface area contributed by atoms with Crippen molar-refractivity contribution in [3.8, 4) is 0 Å². The van der Waals surface area contributed by atoms with E-state index in [1.807, 2.05) is 41.1 Å². The second-order valence-corrected chi connectivity index (χ2v) is 6.20. The highest BCUT2D eigenvalue weighted by Crippen LogP contribution is 2.23. The molecule has 2 heterocycles. The number of hydrogen-bond donors (Lipinski definition) is 1. The maximum atomic E-state index is 12.7. The van der Waals surface area contributed by atoms with Gasteiger partial charge in [0.1, 0.15) is 5.57 Å². The summed E-state index contributed by atoms with van der Waals surface area (Å²) in [7, 11) is 0. The lowest BCUT2D eigenvalue weighted by atomic mass is 10.1. The molecule has 1 N–H and O–H groups in total. The molecule has 0 aliphatic carbocycles. The quantitative estimate of drug-likeness (QED) is 0.530. The van der Waals surface area contributed by atoms with E-state index < -0.39 is 11.8 Å². The lowest BCUT2D eigenvalue weighted by Gasteiger charge is -2.29. The first-order valence-corrected chi connectivity index (χ1v) is 8.48. The standard InChI is InChI=1S/C17H14N2O2S2/c1-2-11-3-5-13(6-4-11)19-16(21)14(15(20)18-17(19)22)9-12-7-8-23-10-12/h3-10H,2H2,1H3,(H,18,20,22)/b14-9+. The van der Waals surface area contributed by atoms with Gasteiger partial charge in [-0.15, -0.1) is 0 Å². The molecule has 0 saturated carbocycles. The average molecular weight is 342 g/mol. The summed E-state index contributed by atoms with van der Waals surface area (Å²) in [6, 6.07) is 9.42. The number of thiophene rings is 1. The van der Waals surface area contributed by atoms with Crippen LogP contribution < -0.4 is 10.2 Å². The molecule has 0 radical (unpaired) electrons. The third-order valence-corrected chi connectivity index (χ3v) is 4.54. The molecule has 0 unspecified atom stereocenters. The monoisotopic (exact) mass is 342 g/mol. The fourth-order valence-electron chi connectivity index (χ4n) is 2.30. The topological polar surface area (TPSA) is 49.4 Å². The van der Waals surface area contributed by atoms with Gasteiger partial charge in [-0.1, -0.05) is 19.1 Å². The van der Waals surface area contributed by atoms with Crippen LogP contribution >= 0.6 is 23.6 Å². The maximum absolute atomic E-state index is 12.7. The third kappa shape index (κ3) is 3.09. The van der Waals surface area contributed by atoms with Crippen LogP contribution in [0.4, 0.5) is 5.69 Å². The zero-order chi connectivity index (χ0) is 16.4. The van der Waals surface area contributed by atoms with Crippen LogP contribution in [0.5, 0.6) is 0 Å². The number of benzene rings is 1. The van der Waals surface area contributed by atoms with E-state index in [0.717, 1.165) is 12.0 Å². The van der Waals surface area contributed by atoms with E-state index in [1.54, 1.807) is 6.08 Å². The Balaban J connectivity index is 1.98. The van der Waals surface area contributed by atoms with Crippen molar-refractivity contribution in [1.29, 1.82) is 0 Å². The highest BCUT2D eigenvalue weighted by molar-refractivity contribution is 7.80. The highest BCUT2D eigenvalue weighted by Gasteiger charge is 2.34. The molecular weight excluding hydrogens is 328 g/mol. The van der Waals surface area contributed by atoms with Gasteiger partial charge in [-0.05, 0) is 64.8 Å². The zero-order valence-electron chi connectivity index (χ0n) is 12.4. The molecular formula is C17H14N2O2S2. The largest absolute Gasteiger partial charge is 0.298 e. The number of nitrogens with zero attached hydrogens (tertiary/aromatic N) is 1. The molecule has 1 fully saturated rings. The molecule has 0 bridgehead atoms. The summed E-state index contributed by atoms with van der Waals surface area (Å²) < 4.78 is 0. The van der Waals surface area contributed by atoms with Crippen molar-refractivity contribution in [2.75, 3.05) is 4.90 Å². The number of anilines is 1. The number of thiocarbonyl (C=S) groups is 1. The smallest absolute Gasteiger partial charge is 0.270 e. The molecule has 2 aromatic rings. The summed E-state index contributed by atoms with van der Waals surface area (Å²) in [4.78, 5) is 26.2. The minimum atomic E-state index is -0.465. The SMILES string of the molecule is CCc1ccc(N2C(=O)/C(=C/c3ccsc3)C(=O)NC2=S)cc1. The van der Waals surface area contributed by atoms with E-state index in [4.69, 9.17) is 12.2 Å². The Morgan fingerprint density at radius 3 is 2.57 bits per heavy atom. The van der Waals surface area contributed by atoms with Crippen molar-refractivity contribution in [3.05, 3.63) is 57.8 Å². The van der Waals surface area contributed by atoms with E-state index >= 15 is 0 Å². The molecule has 3 rings (SSSR count). The van der Waals surface area contributed by atoms with E-state index in [-0.39, 0.29) is 10.7 Å². The maximum Gasteiger partial charge on any atom is 0.270 e. The number of nitrogens with one attached hydrogen (secondary N) is 1. The summed E-state index contributed by atoms with van der Waals surface area (Å²) in [5.74, 6) is -0.873. The predicted octanol–water partition coefficient (Wildman–Crippen LogP) is 3.14. The minimum Gasteiger partial charge on any atom is -0.298 e. The summed E-state index contributed by atoms with van der Waals surface area (Å²) in [6.45, 7) is 2.06. The van der Waals surface area contributed by atoms with Crippen LogP contribution in [-0.2, 0) is 16.0 Å². The van der Waals surface area contributed by atoms with Crippen molar-refractivity contribution in [1.82, 2.24) is 5.32 Å². The van der Waals surface area contributed by atoms with Gasteiger partial charge >= 0.3 is 0 Å². The normalized spacial score (nSPS) is 16.8. The van der Waals surface area contributed by atoms with Crippen LogP contribution in [0.1, 0.15) is 18.1 Å². The van der Waals surface area contributed by atoms with Crippen LogP contribution in [-0.4, -0.2) is 16.9 Å². The highest BCUT2D eigenvalue weighted by atomic mass is 32.1. The lowest BCUT2D eigenvalue weighted by Crippen LogP contribution is -2.54. The van der Waals surface area contributed by atoms with Gasteiger partial charge in [0.25, 0.3) is 11.8 Å². The summed E-state index contributed by atoms with van der Waals surface area (Å²) in [6.07, 6.45) is 2.50. The minimum absolute atomic E-state index is 0.0802. The van der Waals surface area contributed by atoms with E-state index in [2.05, 4.69) is 12.2 Å². The molecule has 23 heavy (non-hydrogen) atoms. The van der Waals surface area contributed by atoms with Gasteiger partial charge in [0, 0.05) is 0 Å². The zero-order valence-corrected chi connectivity index (χ0v) is 14.0. The molecule has 1 aliphatic rings. The molecule has 6 heteroatoms. The first-order chi connectivity index (χ1) is 11.1. The number of aryl methyl sites for hydroxylation is 1. The molecule has 0 spiro atoms. The second-order valence-electron chi connectivity index (χ2n) is 5.03. The Labute approximate surface area is 143 Å². The summed E-state index contributed by atoms with van der Waals surface area (Å²) >= 11 is 6.68. The van der Waals surface area contributed by atoms with Crippen LogP contribution in [0.25, 0.3) is 6.08 Å². The van der Waals surface area contributed by atoms with Gasteiger partial charge < -0.3 is 0 Å². The molecule has 4 nitrogen and oxygen atoms in total. The molecule has 1 saturated heterocycles. The van der Waals surface area contributed by atoms with Gasteiger partial charge in [-0.2, -0.15) is 11.3 Å². The third-order valence-electron chi connectivity index (χ3n) is 3.56. The van der Waals surface area contributed by atoms with Gasteiger partial charge in [-0.25, -0.2) is 0 Å². The average Bonchev–Trinajstić information content (AvgIpc) is 3.05. The van der Waals surface area contributed by atoms with Gasteiger partial charge in [0.05, 0.1) is 5.69 Å². The molecule has 116 valence electrons. The fourth-order valence-corrected chi connectivity index (χ4v) is 3.20. The van der Waals surface area contributed by atoms with Crippen molar-refractivity contribution in [2.24, 2.45) is 0 Å². The van der Waals surface area contributed by atoms with Crippen LogP contribution in [0.2, 0.25) is 0 Å². The Bertz CT molecular complexity index is 793. The van der Waals surface area contributed by atoms with Crippen molar-refractivity contribution in [2.45, 2.75) is 13.3 Å². The van der Waals surface area contributed by atoms with Gasteiger partial charge in [0.2, 0.25) is 0 Å². The lowest BCUT2D eigenvalue weighted by molar-refractivity contribution is -0.122. The number of carbonyl (C=O) groups excluding carboxylic acids is 2. The predicted molar refractivity (Wildman–Crippen MR) is 96.3 cm³/mol. The number of amides is 2. The van der Waals surface area contributed by atoms with Crippen molar-refractivity contribution in [3.63, 3.8) is 0 Å². The number of rotatable bonds is 3. The van der Waals surface area contributed by atoms with Crippen molar-refractivity contribution < 1.29 is 9.59 Å². The van der Waals surface area contributed by atoms with E-state index in [9.17, 15) is 9.59 Å². The van der Waals surface area contributed by atoms with Gasteiger partial charge in [-0.3, -0.25) is 19.8 Å². The molecule has 1 aromatic carbocycles. The number of carbonyl (C=O) groups is 2.